The van der Waals surface area contributed by atoms with Gasteiger partial charge in [-0.1, -0.05) is 13.0 Å². The molecule has 2 N–H and O–H groups in total. The molecule has 0 aliphatic heterocycles. The van der Waals surface area contributed by atoms with Gasteiger partial charge in [0.15, 0.2) is 11.8 Å². The van der Waals surface area contributed by atoms with E-state index in [1.165, 1.54) is 9.75 Å². The summed E-state index contributed by atoms with van der Waals surface area (Å²) < 4.78 is 1.86. The smallest absolute Gasteiger partial charge is 0.191 e. The fraction of sp³-hybridized carbons (Fsp3) is 0.381. The number of halogens is 1. The first-order valence-corrected chi connectivity index (χ1v) is 10.5. The van der Waals surface area contributed by atoms with Crippen molar-refractivity contribution in [2.24, 2.45) is 4.99 Å². The van der Waals surface area contributed by atoms with Crippen molar-refractivity contribution in [2.45, 2.75) is 47.2 Å². The number of pyridine rings is 1. The molecule has 0 aliphatic rings. The summed E-state index contributed by atoms with van der Waals surface area (Å²) in [4.78, 5) is 12.0. The zero-order valence-corrected chi connectivity index (χ0v) is 20.5. The Balaban J connectivity index is 0.00000300. The van der Waals surface area contributed by atoms with Gasteiger partial charge < -0.3 is 10.6 Å². The van der Waals surface area contributed by atoms with E-state index >= 15 is 0 Å². The molecule has 0 saturated carbocycles. The van der Waals surface area contributed by atoms with E-state index < -0.39 is 0 Å². The number of nitrogens with zero attached hydrogens (tertiary/aromatic N) is 4. The molecule has 0 aromatic carbocycles. The first kappa shape index (κ1) is 23.3. The van der Waals surface area contributed by atoms with Crippen molar-refractivity contribution < 1.29 is 0 Å². The van der Waals surface area contributed by atoms with Gasteiger partial charge >= 0.3 is 0 Å². The molecule has 0 bridgehead atoms. The first-order chi connectivity index (χ1) is 13.6. The van der Waals surface area contributed by atoms with E-state index in [0.29, 0.717) is 6.54 Å². The minimum absolute atomic E-state index is 0. The van der Waals surface area contributed by atoms with Crippen LogP contribution in [0.2, 0.25) is 0 Å². The highest BCUT2D eigenvalue weighted by Crippen LogP contribution is 2.16. The van der Waals surface area contributed by atoms with Gasteiger partial charge in [0.2, 0.25) is 0 Å². The Hall–Kier alpha value is -1.94. The number of guanidine groups is 1. The molecule has 0 atom stereocenters. The van der Waals surface area contributed by atoms with Crippen LogP contribution in [0.3, 0.4) is 0 Å². The van der Waals surface area contributed by atoms with Crippen molar-refractivity contribution in [1.82, 2.24) is 25.4 Å². The van der Waals surface area contributed by atoms with Gasteiger partial charge in [-0.05, 0) is 57.0 Å². The molecule has 3 aromatic heterocycles. The molecule has 0 spiro atoms. The van der Waals surface area contributed by atoms with Crippen molar-refractivity contribution in [3.8, 4) is 5.82 Å². The Kier molecular flexibility index (Phi) is 9.09. The second-order valence-corrected chi connectivity index (χ2v) is 7.89. The molecule has 3 heterocycles. The highest BCUT2D eigenvalue weighted by atomic mass is 127. The lowest BCUT2D eigenvalue weighted by molar-refractivity contribution is 0.800. The molecule has 8 heteroatoms. The summed E-state index contributed by atoms with van der Waals surface area (Å²) in [5.74, 6) is 1.64. The minimum Gasteiger partial charge on any atom is -0.357 e. The standard InChI is InChI=1S/C21H28N6S.HI/c1-5-18-8-9-19(28-18)14-25-21(22-6-2)24-13-17-7-10-20(23-12-17)27-16(4)11-15(3)26-27;/h7-12H,5-6,13-14H2,1-4H3,(H2,22,24,25);1H. The SMILES string of the molecule is CCNC(=NCc1ccc(-n2nc(C)cc2C)nc1)NCc1ccc(CC)s1.I. The molecule has 6 nitrogen and oxygen atoms in total. The molecular weight excluding hydrogens is 495 g/mol. The highest BCUT2D eigenvalue weighted by molar-refractivity contribution is 14.0. The Morgan fingerprint density at radius 2 is 1.90 bits per heavy atom. The lowest BCUT2D eigenvalue weighted by atomic mass is 10.3. The largest absolute Gasteiger partial charge is 0.357 e. The lowest BCUT2D eigenvalue weighted by Gasteiger charge is -2.10. The quantitative estimate of drug-likeness (QED) is 0.274. The Morgan fingerprint density at radius 3 is 2.48 bits per heavy atom. The third-order valence-corrected chi connectivity index (χ3v) is 5.53. The van der Waals surface area contributed by atoms with Gasteiger partial charge in [-0.25, -0.2) is 14.7 Å². The predicted octanol–water partition coefficient (Wildman–Crippen LogP) is 4.38. The number of thiophene rings is 1. The molecule has 0 saturated heterocycles. The second-order valence-electron chi connectivity index (χ2n) is 6.63. The zero-order chi connectivity index (χ0) is 19.9. The maximum Gasteiger partial charge on any atom is 0.191 e. The van der Waals surface area contributed by atoms with Crippen LogP contribution in [0.15, 0.2) is 41.5 Å². The van der Waals surface area contributed by atoms with E-state index in [-0.39, 0.29) is 24.0 Å². The second kappa shape index (κ2) is 11.3. The number of aromatic nitrogens is 3. The summed E-state index contributed by atoms with van der Waals surface area (Å²) in [5.41, 5.74) is 3.13. The maximum atomic E-state index is 4.69. The van der Waals surface area contributed by atoms with Crippen molar-refractivity contribution >= 4 is 41.3 Å². The van der Waals surface area contributed by atoms with E-state index in [4.69, 9.17) is 0 Å². The van der Waals surface area contributed by atoms with Gasteiger partial charge in [0.1, 0.15) is 0 Å². The van der Waals surface area contributed by atoms with E-state index in [1.54, 1.807) is 0 Å². The monoisotopic (exact) mass is 524 g/mol. The van der Waals surface area contributed by atoms with Crippen molar-refractivity contribution in [3.05, 3.63) is 63.2 Å². The normalized spacial score (nSPS) is 11.2. The van der Waals surface area contributed by atoms with Crippen molar-refractivity contribution in [1.29, 1.82) is 0 Å². The van der Waals surface area contributed by atoms with Gasteiger partial charge in [0, 0.05) is 28.2 Å². The molecule has 156 valence electrons. The highest BCUT2D eigenvalue weighted by Gasteiger charge is 2.05. The fourth-order valence-corrected chi connectivity index (χ4v) is 3.78. The van der Waals surface area contributed by atoms with Gasteiger partial charge in [-0.2, -0.15) is 5.10 Å². The van der Waals surface area contributed by atoms with Gasteiger partial charge in [-0.15, -0.1) is 35.3 Å². The number of hydrogen-bond acceptors (Lipinski definition) is 4. The van der Waals surface area contributed by atoms with Crippen LogP contribution in [0.1, 0.15) is 40.6 Å². The summed E-state index contributed by atoms with van der Waals surface area (Å²) in [5, 5.41) is 11.2. The molecule has 0 unspecified atom stereocenters. The summed E-state index contributed by atoms with van der Waals surface area (Å²) in [7, 11) is 0. The Bertz CT molecular complexity index is 929. The summed E-state index contributed by atoms with van der Waals surface area (Å²) in [6.45, 7) is 10.5. The van der Waals surface area contributed by atoms with Crippen LogP contribution in [0.5, 0.6) is 0 Å². The van der Waals surface area contributed by atoms with E-state index in [1.807, 2.05) is 48.2 Å². The predicted molar refractivity (Wildman–Crippen MR) is 132 cm³/mol. The van der Waals surface area contributed by atoms with Gasteiger partial charge in [0.25, 0.3) is 0 Å². The third-order valence-electron chi connectivity index (χ3n) is 4.30. The first-order valence-electron chi connectivity index (χ1n) is 9.67. The molecule has 29 heavy (non-hydrogen) atoms. The molecule has 0 aliphatic carbocycles. The maximum absolute atomic E-state index is 4.69. The molecule has 0 fully saturated rings. The Labute approximate surface area is 193 Å². The number of aliphatic imine (C=N–C) groups is 1. The van der Waals surface area contributed by atoms with Crippen molar-refractivity contribution in [3.63, 3.8) is 0 Å². The number of aryl methyl sites for hydroxylation is 3. The molecule has 0 amide bonds. The van der Waals surface area contributed by atoms with Crippen molar-refractivity contribution in [2.75, 3.05) is 6.54 Å². The van der Waals surface area contributed by atoms with E-state index in [2.05, 4.69) is 57.8 Å². The van der Waals surface area contributed by atoms with E-state index in [9.17, 15) is 0 Å². The van der Waals surface area contributed by atoms with Crippen LogP contribution in [0, 0.1) is 13.8 Å². The number of nitrogens with one attached hydrogen (secondary N) is 2. The zero-order valence-electron chi connectivity index (χ0n) is 17.4. The average molecular weight is 524 g/mol. The molecular formula is C21H29IN6S. The van der Waals surface area contributed by atoms with Gasteiger partial charge in [0.05, 0.1) is 18.8 Å². The Morgan fingerprint density at radius 1 is 1.10 bits per heavy atom. The fourth-order valence-electron chi connectivity index (χ4n) is 2.89. The summed E-state index contributed by atoms with van der Waals surface area (Å²) in [6, 6.07) is 10.5. The molecule has 0 radical (unpaired) electrons. The minimum atomic E-state index is 0. The van der Waals surface area contributed by atoms with E-state index in [0.717, 1.165) is 48.2 Å². The molecule has 3 aromatic rings. The number of rotatable bonds is 7. The third kappa shape index (κ3) is 6.53. The van der Waals surface area contributed by atoms with Crippen LogP contribution >= 0.6 is 35.3 Å². The van der Waals surface area contributed by atoms with Crippen LogP contribution in [0.4, 0.5) is 0 Å². The summed E-state index contributed by atoms with van der Waals surface area (Å²) >= 11 is 1.85. The number of hydrogen-bond donors (Lipinski definition) is 2. The average Bonchev–Trinajstić information content (AvgIpc) is 3.30. The van der Waals surface area contributed by atoms with Crippen LogP contribution in [-0.2, 0) is 19.5 Å². The topological polar surface area (TPSA) is 67.1 Å². The van der Waals surface area contributed by atoms with Gasteiger partial charge in [-0.3, -0.25) is 0 Å². The van der Waals surface area contributed by atoms with Crippen LogP contribution < -0.4 is 10.6 Å². The molecule has 3 rings (SSSR count). The van der Waals surface area contributed by atoms with Crippen LogP contribution in [-0.4, -0.2) is 27.3 Å². The lowest BCUT2D eigenvalue weighted by Crippen LogP contribution is -2.36. The van der Waals surface area contributed by atoms with Crippen LogP contribution in [0.25, 0.3) is 5.82 Å². The summed E-state index contributed by atoms with van der Waals surface area (Å²) in [6.07, 6.45) is 2.95.